The van der Waals surface area contributed by atoms with Crippen molar-refractivity contribution in [2.75, 3.05) is 32.0 Å². The van der Waals surface area contributed by atoms with E-state index in [2.05, 4.69) is 20.9 Å². The van der Waals surface area contributed by atoms with Gasteiger partial charge in [0.1, 0.15) is 5.82 Å². The molecule has 0 radical (unpaired) electrons. The zero-order valence-corrected chi connectivity index (χ0v) is 13.4. The van der Waals surface area contributed by atoms with Crippen molar-refractivity contribution < 1.29 is 4.79 Å². The van der Waals surface area contributed by atoms with Crippen molar-refractivity contribution in [2.24, 2.45) is 0 Å². The van der Waals surface area contributed by atoms with Gasteiger partial charge in [0.2, 0.25) is 5.91 Å². The first kappa shape index (κ1) is 21.3. The Kier molecular flexibility index (Phi) is 15.3. The number of halogens is 2. The second kappa shape index (κ2) is 14.4. The quantitative estimate of drug-likeness (QED) is 0.607. The van der Waals surface area contributed by atoms with Gasteiger partial charge in [-0.1, -0.05) is 6.07 Å². The van der Waals surface area contributed by atoms with Gasteiger partial charge in [-0.05, 0) is 38.6 Å². The van der Waals surface area contributed by atoms with Gasteiger partial charge in [0.15, 0.2) is 0 Å². The van der Waals surface area contributed by atoms with Crippen LogP contribution in [0.5, 0.6) is 0 Å². The number of anilines is 1. The van der Waals surface area contributed by atoms with Crippen molar-refractivity contribution in [3.63, 3.8) is 0 Å². The molecular weight excluding hydrogens is 299 g/mol. The number of aromatic nitrogens is 1. The highest BCUT2D eigenvalue weighted by Gasteiger charge is 1.99. The number of carbonyl (C=O) groups is 1. The Morgan fingerprint density at radius 2 is 1.95 bits per heavy atom. The van der Waals surface area contributed by atoms with E-state index in [1.165, 1.54) is 0 Å². The van der Waals surface area contributed by atoms with Crippen LogP contribution in [0.15, 0.2) is 24.4 Å². The Morgan fingerprint density at radius 3 is 2.60 bits per heavy atom. The Hall–Kier alpha value is -1.04. The van der Waals surface area contributed by atoms with E-state index in [-0.39, 0.29) is 30.7 Å². The summed E-state index contributed by atoms with van der Waals surface area (Å²) in [5.74, 6) is 1.00. The third kappa shape index (κ3) is 10.8. The molecule has 116 valence electrons. The largest absolute Gasteiger partial charge is 0.370 e. The van der Waals surface area contributed by atoms with Gasteiger partial charge in [-0.2, -0.15) is 0 Å². The van der Waals surface area contributed by atoms with E-state index in [0.717, 1.165) is 31.7 Å². The van der Waals surface area contributed by atoms with Gasteiger partial charge in [-0.25, -0.2) is 4.98 Å². The van der Waals surface area contributed by atoms with E-state index in [4.69, 9.17) is 0 Å². The maximum absolute atomic E-state index is 11.4. The second-order valence-corrected chi connectivity index (χ2v) is 4.05. The number of carbonyl (C=O) groups excluding carboxylic acids is 1. The van der Waals surface area contributed by atoms with Gasteiger partial charge in [0.05, 0.1) is 0 Å². The van der Waals surface area contributed by atoms with Gasteiger partial charge >= 0.3 is 0 Å². The molecule has 1 rings (SSSR count). The summed E-state index contributed by atoms with van der Waals surface area (Å²) in [7, 11) is 1.89. The maximum Gasteiger partial charge on any atom is 0.220 e. The third-order valence-corrected chi connectivity index (χ3v) is 2.48. The molecule has 0 bridgehead atoms. The minimum absolute atomic E-state index is 0. The number of nitrogens with zero attached hydrogens (tertiary/aromatic N) is 1. The monoisotopic (exact) mass is 322 g/mol. The number of nitrogens with one attached hydrogen (secondary N) is 3. The van der Waals surface area contributed by atoms with Crippen LogP contribution in [0.25, 0.3) is 0 Å². The van der Waals surface area contributed by atoms with E-state index in [9.17, 15) is 4.79 Å². The molecule has 0 saturated carbocycles. The predicted octanol–water partition coefficient (Wildman–Crippen LogP) is 1.84. The highest BCUT2D eigenvalue weighted by molar-refractivity contribution is 5.85. The molecule has 0 aliphatic rings. The minimum atomic E-state index is 0. The van der Waals surface area contributed by atoms with E-state index in [1.807, 2.05) is 25.2 Å². The summed E-state index contributed by atoms with van der Waals surface area (Å²) in [6, 6.07) is 5.76. The maximum atomic E-state index is 11.4. The summed E-state index contributed by atoms with van der Waals surface area (Å²) < 4.78 is 0. The first-order chi connectivity index (χ1) is 8.83. The number of hydrogen-bond donors (Lipinski definition) is 3. The molecular formula is C13H24Cl2N4O. The van der Waals surface area contributed by atoms with Crippen molar-refractivity contribution in [1.82, 2.24) is 15.6 Å². The van der Waals surface area contributed by atoms with Crippen LogP contribution in [0.3, 0.4) is 0 Å². The minimum Gasteiger partial charge on any atom is -0.370 e. The first-order valence-corrected chi connectivity index (χ1v) is 6.39. The standard InChI is InChI=1S/C13H22N4O.2ClH/c1-14-8-4-7-13(18)17-11-5-10-16-12-6-2-3-9-15-12;;/h2-3,6,9,14H,4-5,7-8,10-11H2,1H3,(H,15,16)(H,17,18);2*1H. The van der Waals surface area contributed by atoms with Crippen molar-refractivity contribution in [3.8, 4) is 0 Å². The molecule has 0 unspecified atom stereocenters. The highest BCUT2D eigenvalue weighted by Crippen LogP contribution is 1.98. The Balaban J connectivity index is 0. The average Bonchev–Trinajstić information content (AvgIpc) is 2.40. The topological polar surface area (TPSA) is 66.1 Å². The fourth-order valence-corrected chi connectivity index (χ4v) is 1.51. The zero-order valence-electron chi connectivity index (χ0n) is 11.7. The van der Waals surface area contributed by atoms with Crippen molar-refractivity contribution in [1.29, 1.82) is 0 Å². The van der Waals surface area contributed by atoms with E-state index in [0.29, 0.717) is 13.0 Å². The summed E-state index contributed by atoms with van der Waals surface area (Å²) in [6.45, 7) is 2.40. The fourth-order valence-electron chi connectivity index (χ4n) is 1.51. The van der Waals surface area contributed by atoms with E-state index in [1.54, 1.807) is 6.20 Å². The molecule has 5 nitrogen and oxygen atoms in total. The van der Waals surface area contributed by atoms with Gasteiger partial charge in [-0.15, -0.1) is 24.8 Å². The molecule has 0 aliphatic carbocycles. The average molecular weight is 323 g/mol. The fraction of sp³-hybridized carbons (Fsp3) is 0.538. The molecule has 0 aromatic carbocycles. The van der Waals surface area contributed by atoms with Crippen molar-refractivity contribution in [2.45, 2.75) is 19.3 Å². The molecule has 0 fully saturated rings. The van der Waals surface area contributed by atoms with Gasteiger partial charge in [-0.3, -0.25) is 4.79 Å². The van der Waals surface area contributed by atoms with Gasteiger partial charge in [0, 0.05) is 25.7 Å². The van der Waals surface area contributed by atoms with Crippen LogP contribution in [0.1, 0.15) is 19.3 Å². The molecule has 1 amide bonds. The normalized spacial score (nSPS) is 9.05. The van der Waals surface area contributed by atoms with Crippen LogP contribution < -0.4 is 16.0 Å². The number of pyridine rings is 1. The zero-order chi connectivity index (χ0) is 13.1. The summed E-state index contributed by atoms with van der Waals surface area (Å²) in [5.41, 5.74) is 0. The summed E-state index contributed by atoms with van der Waals surface area (Å²) in [4.78, 5) is 15.5. The molecule has 1 aromatic heterocycles. The van der Waals surface area contributed by atoms with Crippen LogP contribution in [-0.4, -0.2) is 37.6 Å². The van der Waals surface area contributed by atoms with E-state index < -0.39 is 0 Å². The SMILES string of the molecule is CNCCCC(=O)NCCCNc1ccccn1.Cl.Cl. The molecule has 0 aliphatic heterocycles. The lowest BCUT2D eigenvalue weighted by molar-refractivity contribution is -0.121. The molecule has 0 spiro atoms. The molecule has 1 aromatic rings. The molecule has 0 atom stereocenters. The first-order valence-electron chi connectivity index (χ1n) is 6.39. The van der Waals surface area contributed by atoms with Crippen LogP contribution in [0.2, 0.25) is 0 Å². The smallest absolute Gasteiger partial charge is 0.220 e. The number of hydrogen-bond acceptors (Lipinski definition) is 4. The lowest BCUT2D eigenvalue weighted by Crippen LogP contribution is -2.26. The van der Waals surface area contributed by atoms with Crippen molar-refractivity contribution in [3.05, 3.63) is 24.4 Å². The van der Waals surface area contributed by atoms with Crippen molar-refractivity contribution >= 4 is 36.5 Å². The lowest BCUT2D eigenvalue weighted by Gasteiger charge is -2.06. The van der Waals surface area contributed by atoms with E-state index >= 15 is 0 Å². The predicted molar refractivity (Wildman–Crippen MR) is 88.0 cm³/mol. The Bertz CT molecular complexity index is 338. The third-order valence-electron chi connectivity index (χ3n) is 2.48. The molecule has 1 heterocycles. The van der Waals surface area contributed by atoms with Crippen LogP contribution >= 0.6 is 24.8 Å². The highest BCUT2D eigenvalue weighted by atomic mass is 35.5. The summed E-state index contributed by atoms with van der Waals surface area (Å²) in [6.07, 6.45) is 4.13. The lowest BCUT2D eigenvalue weighted by atomic mass is 10.3. The molecule has 3 N–H and O–H groups in total. The molecule has 0 saturated heterocycles. The summed E-state index contributed by atoms with van der Waals surface area (Å²) >= 11 is 0. The van der Waals surface area contributed by atoms with Crippen LogP contribution in [0.4, 0.5) is 5.82 Å². The van der Waals surface area contributed by atoms with Gasteiger partial charge < -0.3 is 16.0 Å². The molecule has 20 heavy (non-hydrogen) atoms. The van der Waals surface area contributed by atoms with Crippen LogP contribution in [-0.2, 0) is 4.79 Å². The van der Waals surface area contributed by atoms with Gasteiger partial charge in [0.25, 0.3) is 0 Å². The number of amides is 1. The summed E-state index contributed by atoms with van der Waals surface area (Å²) in [5, 5.41) is 9.12. The Morgan fingerprint density at radius 1 is 1.15 bits per heavy atom. The molecule has 7 heteroatoms. The Labute approximate surface area is 133 Å². The second-order valence-electron chi connectivity index (χ2n) is 4.05. The van der Waals surface area contributed by atoms with Crippen LogP contribution in [0, 0.1) is 0 Å². The number of rotatable bonds is 9.